The van der Waals surface area contributed by atoms with Crippen molar-refractivity contribution in [2.45, 2.75) is 23.7 Å². The van der Waals surface area contributed by atoms with Crippen LogP contribution in [0.5, 0.6) is 5.75 Å². The molecule has 6 heteroatoms. The van der Waals surface area contributed by atoms with Crippen LogP contribution in [0.1, 0.15) is 24.3 Å². The molecule has 0 fully saturated rings. The Balaban J connectivity index is 2.14. The van der Waals surface area contributed by atoms with Crippen LogP contribution in [-0.4, -0.2) is 25.8 Å². The molecule has 0 amide bonds. The molecule has 0 saturated heterocycles. The Labute approximate surface area is 120 Å². The molecule has 0 spiro atoms. The van der Waals surface area contributed by atoms with Crippen LogP contribution in [0.15, 0.2) is 29.2 Å². The van der Waals surface area contributed by atoms with Gasteiger partial charge in [0.15, 0.2) is 10.6 Å². The Bertz CT molecular complexity index is 706. The number of aryl methyl sites for hydroxylation is 1. The summed E-state index contributed by atoms with van der Waals surface area (Å²) >= 11 is 1.65. The van der Waals surface area contributed by atoms with Crippen molar-refractivity contribution in [3.8, 4) is 17.0 Å². The molecule has 20 heavy (non-hydrogen) atoms. The number of aromatic carboxylic acids is 1. The van der Waals surface area contributed by atoms with Crippen LogP contribution in [0.4, 0.5) is 0 Å². The second-order valence-electron chi connectivity index (χ2n) is 5.08. The third-order valence-corrected chi connectivity index (χ3v) is 4.17. The summed E-state index contributed by atoms with van der Waals surface area (Å²) in [5.41, 5.74) is 1.63. The molecule has 0 unspecified atom stereocenters. The van der Waals surface area contributed by atoms with E-state index in [-0.39, 0.29) is 10.6 Å². The number of carboxylic acids is 1. The molecule has 1 N–H and O–H groups in total. The van der Waals surface area contributed by atoms with Crippen LogP contribution in [0, 0.1) is 0 Å². The van der Waals surface area contributed by atoms with Crippen LogP contribution in [-0.2, 0) is 7.05 Å². The maximum atomic E-state index is 11.0. The van der Waals surface area contributed by atoms with Gasteiger partial charge in [0.2, 0.25) is 0 Å². The number of hydrogen-bond acceptors (Lipinski definition) is 4. The van der Waals surface area contributed by atoms with Crippen molar-refractivity contribution < 1.29 is 14.6 Å². The molecule has 0 atom stereocenters. The van der Waals surface area contributed by atoms with Crippen molar-refractivity contribution in [3.05, 3.63) is 30.0 Å². The molecule has 2 heterocycles. The molecule has 2 aromatic rings. The van der Waals surface area contributed by atoms with Crippen molar-refractivity contribution in [3.63, 3.8) is 0 Å². The SMILES string of the molecule is Cn1nc(C(=O)O)cc1-c1cccc2c1OC(C)(C)S2. The first kappa shape index (κ1) is 13.1. The Morgan fingerprint density at radius 1 is 1.45 bits per heavy atom. The number of benzene rings is 1. The third-order valence-electron chi connectivity index (χ3n) is 3.06. The smallest absolute Gasteiger partial charge is 0.356 e. The molecule has 0 bridgehead atoms. The van der Waals surface area contributed by atoms with E-state index in [9.17, 15) is 4.79 Å². The first-order valence-electron chi connectivity index (χ1n) is 6.16. The van der Waals surface area contributed by atoms with Gasteiger partial charge >= 0.3 is 5.97 Å². The normalized spacial score (nSPS) is 15.8. The first-order chi connectivity index (χ1) is 9.37. The molecule has 104 valence electrons. The predicted octanol–water partition coefficient (Wildman–Crippen LogP) is 3.01. The fourth-order valence-corrected chi connectivity index (χ4v) is 3.30. The van der Waals surface area contributed by atoms with E-state index in [1.165, 1.54) is 0 Å². The number of carboxylic acid groups (broad SMARTS) is 1. The van der Waals surface area contributed by atoms with E-state index in [2.05, 4.69) is 5.10 Å². The van der Waals surface area contributed by atoms with Gasteiger partial charge in [-0.1, -0.05) is 17.8 Å². The lowest BCUT2D eigenvalue weighted by atomic mass is 10.1. The fourth-order valence-electron chi connectivity index (χ4n) is 2.26. The molecule has 0 radical (unpaired) electrons. The van der Waals surface area contributed by atoms with Gasteiger partial charge < -0.3 is 9.84 Å². The molecule has 0 saturated carbocycles. The maximum absolute atomic E-state index is 11.0. The quantitative estimate of drug-likeness (QED) is 0.921. The minimum absolute atomic E-state index is 0.0324. The first-order valence-corrected chi connectivity index (χ1v) is 6.98. The highest BCUT2D eigenvalue weighted by molar-refractivity contribution is 8.00. The van der Waals surface area contributed by atoms with E-state index in [1.807, 2.05) is 32.0 Å². The van der Waals surface area contributed by atoms with Crippen LogP contribution >= 0.6 is 11.8 Å². The zero-order valence-corrected chi connectivity index (χ0v) is 12.2. The highest BCUT2D eigenvalue weighted by Crippen LogP contribution is 2.51. The predicted molar refractivity (Wildman–Crippen MR) is 76.2 cm³/mol. The zero-order valence-electron chi connectivity index (χ0n) is 11.4. The second-order valence-corrected chi connectivity index (χ2v) is 6.71. The molecule has 0 aliphatic carbocycles. The van der Waals surface area contributed by atoms with Gasteiger partial charge in [0, 0.05) is 12.6 Å². The number of hydrogen-bond donors (Lipinski definition) is 1. The number of ether oxygens (including phenoxy) is 1. The number of thioether (sulfide) groups is 1. The minimum Gasteiger partial charge on any atom is -0.476 e. The van der Waals surface area contributed by atoms with Gasteiger partial charge in [0.1, 0.15) is 5.75 Å². The van der Waals surface area contributed by atoms with E-state index < -0.39 is 5.97 Å². The second kappa shape index (κ2) is 4.28. The van der Waals surface area contributed by atoms with E-state index in [4.69, 9.17) is 9.84 Å². The minimum atomic E-state index is -1.03. The van der Waals surface area contributed by atoms with Gasteiger partial charge in [-0.3, -0.25) is 4.68 Å². The Hall–Kier alpha value is -1.95. The molecule has 1 aliphatic heterocycles. The summed E-state index contributed by atoms with van der Waals surface area (Å²) in [5.74, 6) is -0.238. The largest absolute Gasteiger partial charge is 0.476 e. The number of carbonyl (C=O) groups is 1. The lowest BCUT2D eigenvalue weighted by Crippen LogP contribution is -2.18. The Morgan fingerprint density at radius 2 is 2.20 bits per heavy atom. The van der Waals surface area contributed by atoms with Gasteiger partial charge in [0.05, 0.1) is 10.6 Å². The van der Waals surface area contributed by atoms with E-state index in [1.54, 1.807) is 29.6 Å². The zero-order chi connectivity index (χ0) is 14.5. The van der Waals surface area contributed by atoms with E-state index in [0.29, 0.717) is 0 Å². The van der Waals surface area contributed by atoms with Crippen molar-refractivity contribution in [1.29, 1.82) is 0 Å². The molecule has 5 nitrogen and oxygen atoms in total. The maximum Gasteiger partial charge on any atom is 0.356 e. The Morgan fingerprint density at radius 3 is 2.85 bits per heavy atom. The summed E-state index contributed by atoms with van der Waals surface area (Å²) in [6.07, 6.45) is 0. The molecule has 1 aromatic heterocycles. The lowest BCUT2D eigenvalue weighted by molar-refractivity contribution is 0.0689. The number of para-hydroxylation sites is 1. The molecule has 1 aromatic carbocycles. The summed E-state index contributed by atoms with van der Waals surface area (Å²) in [7, 11) is 1.73. The van der Waals surface area contributed by atoms with Gasteiger partial charge in [-0.05, 0) is 32.0 Å². The number of nitrogens with zero attached hydrogens (tertiary/aromatic N) is 2. The van der Waals surface area contributed by atoms with Crippen molar-refractivity contribution >= 4 is 17.7 Å². The van der Waals surface area contributed by atoms with Gasteiger partial charge in [-0.25, -0.2) is 4.79 Å². The monoisotopic (exact) mass is 290 g/mol. The average Bonchev–Trinajstić information content (AvgIpc) is 2.87. The lowest BCUT2D eigenvalue weighted by Gasteiger charge is -2.16. The highest BCUT2D eigenvalue weighted by Gasteiger charge is 2.33. The summed E-state index contributed by atoms with van der Waals surface area (Å²) in [4.78, 5) is 11.8. The average molecular weight is 290 g/mol. The van der Waals surface area contributed by atoms with E-state index in [0.717, 1.165) is 21.9 Å². The van der Waals surface area contributed by atoms with E-state index >= 15 is 0 Å². The van der Waals surface area contributed by atoms with Crippen LogP contribution in [0.2, 0.25) is 0 Å². The molecule has 1 aliphatic rings. The van der Waals surface area contributed by atoms with Crippen LogP contribution < -0.4 is 4.74 Å². The van der Waals surface area contributed by atoms with Crippen LogP contribution in [0.25, 0.3) is 11.3 Å². The summed E-state index contributed by atoms with van der Waals surface area (Å²) < 4.78 is 7.55. The fraction of sp³-hybridized carbons (Fsp3) is 0.286. The third kappa shape index (κ3) is 2.06. The molecular weight excluding hydrogens is 276 g/mol. The summed E-state index contributed by atoms with van der Waals surface area (Å²) in [5, 5.41) is 13.0. The molecular formula is C14H14N2O3S. The topological polar surface area (TPSA) is 64.4 Å². The summed E-state index contributed by atoms with van der Waals surface area (Å²) in [6, 6.07) is 7.44. The van der Waals surface area contributed by atoms with Gasteiger partial charge in [0.25, 0.3) is 0 Å². The van der Waals surface area contributed by atoms with Crippen molar-refractivity contribution in [2.24, 2.45) is 7.05 Å². The Kier molecular flexibility index (Phi) is 2.79. The van der Waals surface area contributed by atoms with Crippen molar-refractivity contribution in [2.75, 3.05) is 0 Å². The van der Waals surface area contributed by atoms with Gasteiger partial charge in [-0.15, -0.1) is 0 Å². The van der Waals surface area contributed by atoms with Crippen molar-refractivity contribution in [1.82, 2.24) is 9.78 Å². The number of aromatic nitrogens is 2. The summed E-state index contributed by atoms with van der Waals surface area (Å²) in [6.45, 7) is 4.01. The molecule has 3 rings (SSSR count). The highest BCUT2D eigenvalue weighted by atomic mass is 32.2. The number of fused-ring (bicyclic) bond motifs is 1. The number of rotatable bonds is 2. The van der Waals surface area contributed by atoms with Crippen LogP contribution in [0.3, 0.4) is 0 Å². The standard InChI is InChI=1S/C14H14N2O3S/c1-14(2)19-12-8(5-4-6-11(12)20-14)10-7-9(13(17)18)15-16(10)3/h4-7H,1-3H3,(H,17,18). The van der Waals surface area contributed by atoms with Gasteiger partial charge in [-0.2, -0.15) is 5.10 Å².